The first-order chi connectivity index (χ1) is 15.1. The highest BCUT2D eigenvalue weighted by Crippen LogP contribution is 2.42. The van der Waals surface area contributed by atoms with Gasteiger partial charge in [-0.15, -0.1) is 0 Å². The minimum absolute atomic E-state index is 0.0506. The van der Waals surface area contributed by atoms with Crippen molar-refractivity contribution in [2.45, 2.75) is 63.1 Å². The molecule has 1 saturated carbocycles. The molecular formula is C24H32N4O3. The first-order valence-electron chi connectivity index (χ1n) is 11.6. The molecule has 3 N–H and O–H groups in total. The summed E-state index contributed by atoms with van der Waals surface area (Å²) in [6.07, 6.45) is 7.00. The van der Waals surface area contributed by atoms with Crippen molar-refractivity contribution < 1.29 is 14.7 Å². The molecule has 7 heteroatoms. The molecule has 3 atom stereocenters. The Kier molecular flexibility index (Phi) is 5.38. The lowest BCUT2D eigenvalue weighted by Crippen LogP contribution is -2.59. The minimum Gasteiger partial charge on any atom is -0.395 e. The topological polar surface area (TPSA) is 88.7 Å². The maximum Gasteiger partial charge on any atom is 0.317 e. The number of aliphatic hydroxyl groups is 1. The number of nitrogens with one attached hydrogen (secondary N) is 2. The molecule has 166 valence electrons. The molecule has 2 fully saturated rings. The number of amides is 3. The second kappa shape index (κ2) is 8.19. The number of para-hydroxylation sites is 1. The van der Waals surface area contributed by atoms with Gasteiger partial charge in [0.1, 0.15) is 0 Å². The third-order valence-corrected chi connectivity index (χ3v) is 7.64. The summed E-state index contributed by atoms with van der Waals surface area (Å²) < 4.78 is 0. The molecule has 3 amide bonds. The number of carbonyl (C=O) groups excluding carboxylic acids is 2. The van der Waals surface area contributed by atoms with E-state index in [1.54, 1.807) is 11.9 Å². The average Bonchev–Trinajstić information content (AvgIpc) is 3.18. The van der Waals surface area contributed by atoms with Gasteiger partial charge in [0.05, 0.1) is 18.6 Å². The smallest absolute Gasteiger partial charge is 0.317 e. The molecule has 2 aliphatic heterocycles. The van der Waals surface area contributed by atoms with Gasteiger partial charge in [-0.25, -0.2) is 4.79 Å². The number of aromatic nitrogens is 1. The van der Waals surface area contributed by atoms with Gasteiger partial charge in [0.2, 0.25) is 5.91 Å². The van der Waals surface area contributed by atoms with Gasteiger partial charge >= 0.3 is 6.03 Å². The third kappa shape index (κ3) is 3.49. The number of hydrogen-bond acceptors (Lipinski definition) is 3. The van der Waals surface area contributed by atoms with Gasteiger partial charge < -0.3 is 25.2 Å². The highest BCUT2D eigenvalue weighted by Gasteiger charge is 2.47. The predicted octanol–water partition coefficient (Wildman–Crippen LogP) is 2.95. The summed E-state index contributed by atoms with van der Waals surface area (Å²) >= 11 is 0. The first-order valence-corrected chi connectivity index (χ1v) is 11.6. The normalized spacial score (nSPS) is 26.5. The number of piperidine rings is 1. The van der Waals surface area contributed by atoms with Crippen LogP contribution in [0.4, 0.5) is 4.79 Å². The van der Waals surface area contributed by atoms with Crippen molar-refractivity contribution in [2.75, 3.05) is 20.2 Å². The zero-order valence-electron chi connectivity index (χ0n) is 18.1. The number of urea groups is 1. The fourth-order valence-corrected chi connectivity index (χ4v) is 5.90. The molecule has 2 aromatic rings. The summed E-state index contributed by atoms with van der Waals surface area (Å²) in [5, 5.41) is 14.4. The van der Waals surface area contributed by atoms with Crippen LogP contribution >= 0.6 is 0 Å². The SMILES string of the molecule is CN(C(=O)NC1CCCCC1)[C@H]1C[C@H]2c3[nH]c4ccccc4c3CCN2C(=O)[C@H]1CO. The van der Waals surface area contributed by atoms with E-state index in [0.29, 0.717) is 13.0 Å². The number of aromatic amines is 1. The van der Waals surface area contributed by atoms with Gasteiger partial charge in [-0.2, -0.15) is 0 Å². The number of benzene rings is 1. The van der Waals surface area contributed by atoms with E-state index in [1.165, 1.54) is 17.4 Å². The van der Waals surface area contributed by atoms with Crippen LogP contribution in [-0.2, 0) is 11.2 Å². The quantitative estimate of drug-likeness (QED) is 0.708. The number of hydrogen-bond donors (Lipinski definition) is 3. The molecule has 31 heavy (non-hydrogen) atoms. The van der Waals surface area contributed by atoms with Gasteiger partial charge in [-0.05, 0) is 37.3 Å². The van der Waals surface area contributed by atoms with Gasteiger partial charge in [0.15, 0.2) is 0 Å². The van der Waals surface area contributed by atoms with Crippen LogP contribution in [0.3, 0.4) is 0 Å². The average molecular weight is 425 g/mol. The van der Waals surface area contributed by atoms with Crippen LogP contribution in [0.1, 0.15) is 55.8 Å². The molecule has 1 aliphatic carbocycles. The summed E-state index contributed by atoms with van der Waals surface area (Å²) in [6, 6.07) is 7.90. The Hall–Kier alpha value is -2.54. The number of carbonyl (C=O) groups is 2. The fourth-order valence-electron chi connectivity index (χ4n) is 5.90. The minimum atomic E-state index is -0.579. The molecular weight excluding hydrogens is 392 g/mol. The molecule has 3 aliphatic rings. The number of fused-ring (bicyclic) bond motifs is 5. The standard InChI is InChI=1S/C24H32N4O3/c1-27(24(31)25-15-7-3-2-4-8-15)20-13-21-22-17(16-9-5-6-10-19(16)26-22)11-12-28(21)23(30)18(20)14-29/h5-6,9-10,15,18,20-21,26,29H,2-4,7-8,11-14H2,1H3,(H,25,31)/t18-,20-,21-/m0/s1. The van der Waals surface area contributed by atoms with Crippen molar-refractivity contribution >= 4 is 22.8 Å². The Labute approximate surface area is 182 Å². The van der Waals surface area contributed by atoms with Crippen LogP contribution in [0.15, 0.2) is 24.3 Å². The van der Waals surface area contributed by atoms with Gasteiger partial charge in [-0.1, -0.05) is 37.5 Å². The van der Waals surface area contributed by atoms with Crippen LogP contribution in [0.2, 0.25) is 0 Å². The molecule has 0 radical (unpaired) electrons. The Morgan fingerprint density at radius 2 is 2.03 bits per heavy atom. The summed E-state index contributed by atoms with van der Waals surface area (Å²) in [5.41, 5.74) is 3.45. The van der Waals surface area contributed by atoms with Crippen LogP contribution in [0.5, 0.6) is 0 Å². The lowest BCUT2D eigenvalue weighted by Gasteiger charge is -2.47. The van der Waals surface area contributed by atoms with Crippen molar-refractivity contribution in [3.63, 3.8) is 0 Å². The largest absolute Gasteiger partial charge is 0.395 e. The van der Waals surface area contributed by atoms with Crippen molar-refractivity contribution in [1.82, 2.24) is 20.1 Å². The highest BCUT2D eigenvalue weighted by atomic mass is 16.3. The fraction of sp³-hybridized carbons (Fsp3) is 0.583. The van der Waals surface area contributed by atoms with E-state index in [1.807, 2.05) is 17.0 Å². The van der Waals surface area contributed by atoms with E-state index in [-0.39, 0.29) is 36.7 Å². The second-order valence-corrected chi connectivity index (χ2v) is 9.35. The van der Waals surface area contributed by atoms with Crippen molar-refractivity contribution in [1.29, 1.82) is 0 Å². The van der Waals surface area contributed by atoms with Crippen molar-refractivity contribution in [3.8, 4) is 0 Å². The summed E-state index contributed by atoms with van der Waals surface area (Å²) in [4.78, 5) is 33.5. The lowest BCUT2D eigenvalue weighted by atomic mass is 9.82. The van der Waals surface area contributed by atoms with Crippen LogP contribution < -0.4 is 5.32 Å². The van der Waals surface area contributed by atoms with Crippen LogP contribution in [0, 0.1) is 5.92 Å². The molecule has 1 saturated heterocycles. The van der Waals surface area contributed by atoms with E-state index in [2.05, 4.69) is 22.4 Å². The Bertz CT molecular complexity index is 980. The second-order valence-electron chi connectivity index (χ2n) is 9.35. The van der Waals surface area contributed by atoms with Gasteiger partial charge in [-0.3, -0.25) is 4.79 Å². The maximum atomic E-state index is 13.3. The van der Waals surface area contributed by atoms with Crippen molar-refractivity contribution in [3.05, 3.63) is 35.5 Å². The molecule has 0 bridgehead atoms. The van der Waals surface area contributed by atoms with Crippen LogP contribution in [0.25, 0.3) is 10.9 Å². The Balaban J connectivity index is 1.42. The third-order valence-electron chi connectivity index (χ3n) is 7.64. The zero-order valence-corrected chi connectivity index (χ0v) is 18.1. The monoisotopic (exact) mass is 424 g/mol. The molecule has 5 rings (SSSR count). The molecule has 0 spiro atoms. The number of H-pyrrole nitrogens is 1. The number of nitrogens with zero attached hydrogens (tertiary/aromatic N) is 2. The highest BCUT2D eigenvalue weighted by molar-refractivity contribution is 5.87. The first kappa shape index (κ1) is 20.4. The van der Waals surface area contributed by atoms with Gasteiger partial charge in [0, 0.05) is 42.3 Å². The number of aliphatic hydroxyl groups excluding tert-OH is 1. The van der Waals surface area contributed by atoms with E-state index in [9.17, 15) is 14.7 Å². The molecule has 1 aromatic heterocycles. The van der Waals surface area contributed by atoms with E-state index < -0.39 is 5.92 Å². The van der Waals surface area contributed by atoms with Crippen LogP contribution in [-0.4, -0.2) is 64.1 Å². The Morgan fingerprint density at radius 1 is 1.26 bits per heavy atom. The van der Waals surface area contributed by atoms with E-state index in [4.69, 9.17) is 0 Å². The maximum absolute atomic E-state index is 13.3. The molecule has 3 heterocycles. The van der Waals surface area contributed by atoms with Gasteiger partial charge in [0.25, 0.3) is 0 Å². The molecule has 7 nitrogen and oxygen atoms in total. The number of rotatable bonds is 3. The zero-order chi connectivity index (χ0) is 21.5. The Morgan fingerprint density at radius 3 is 2.81 bits per heavy atom. The predicted molar refractivity (Wildman–Crippen MR) is 119 cm³/mol. The molecule has 0 unspecified atom stereocenters. The summed E-state index contributed by atoms with van der Waals surface area (Å²) in [7, 11) is 1.77. The van der Waals surface area contributed by atoms with Crippen molar-refractivity contribution in [2.24, 2.45) is 5.92 Å². The van der Waals surface area contributed by atoms with E-state index >= 15 is 0 Å². The molecule has 1 aromatic carbocycles. The van der Waals surface area contributed by atoms with E-state index in [0.717, 1.165) is 43.3 Å². The summed E-state index contributed by atoms with van der Waals surface area (Å²) in [6.45, 7) is 0.410. The lowest BCUT2D eigenvalue weighted by molar-refractivity contribution is -0.148. The summed E-state index contributed by atoms with van der Waals surface area (Å²) in [5.74, 6) is -0.630.